The number of benzene rings is 3. The minimum absolute atomic E-state index is 0.131. The van der Waals surface area contributed by atoms with Crippen molar-refractivity contribution >= 4 is 39.0 Å². The lowest BCUT2D eigenvalue weighted by Gasteiger charge is -2.15. The number of aromatic nitrogens is 2. The van der Waals surface area contributed by atoms with E-state index in [0.717, 1.165) is 23.9 Å². The Hall–Kier alpha value is -4.45. The van der Waals surface area contributed by atoms with E-state index in [1.165, 1.54) is 11.1 Å². The van der Waals surface area contributed by atoms with Gasteiger partial charge in [-0.1, -0.05) is 59.7 Å². The van der Waals surface area contributed by atoms with Crippen LogP contribution in [0.25, 0.3) is 44.2 Å². The number of rotatable bonds is 7. The summed E-state index contributed by atoms with van der Waals surface area (Å²) in [5.41, 5.74) is 6.47. The molecule has 6 heteroatoms. The van der Waals surface area contributed by atoms with Crippen molar-refractivity contribution in [2.24, 2.45) is 0 Å². The summed E-state index contributed by atoms with van der Waals surface area (Å²) >= 11 is 0. The molecule has 0 spiro atoms. The number of carboxylic acids is 1. The summed E-state index contributed by atoms with van der Waals surface area (Å²) in [7, 11) is 0. The van der Waals surface area contributed by atoms with Crippen LogP contribution in [0.3, 0.4) is 0 Å². The molecule has 37 heavy (non-hydrogen) atoms. The maximum Gasteiger partial charge on any atom is 0.344 e. The molecule has 0 unspecified atom stereocenters. The van der Waals surface area contributed by atoms with Crippen molar-refractivity contribution in [3.63, 3.8) is 0 Å². The third-order valence-electron chi connectivity index (χ3n) is 6.59. The second-order valence-electron chi connectivity index (χ2n) is 9.54. The maximum atomic E-state index is 12.9. The largest absolute Gasteiger partial charge is 0.478 e. The first-order valence-electron chi connectivity index (χ1n) is 12.3. The Balaban J connectivity index is 1.76. The molecule has 5 aromatic rings. The molecule has 2 aromatic heterocycles. The topological polar surface area (TPSA) is 85.3 Å². The van der Waals surface area contributed by atoms with Gasteiger partial charge in [-0.2, -0.15) is 0 Å². The lowest BCUT2D eigenvalue weighted by Crippen LogP contribution is -2.07. The van der Waals surface area contributed by atoms with Gasteiger partial charge in [-0.25, -0.2) is 14.6 Å². The third kappa shape index (κ3) is 4.70. The maximum absolute atomic E-state index is 12.9. The minimum atomic E-state index is -1.04. The molecular weight excluding hydrogens is 464 g/mol. The van der Waals surface area contributed by atoms with Crippen LogP contribution in [0.2, 0.25) is 0 Å². The third-order valence-corrected chi connectivity index (χ3v) is 6.59. The van der Waals surface area contributed by atoms with E-state index in [1.54, 1.807) is 18.2 Å². The van der Waals surface area contributed by atoms with Gasteiger partial charge >= 0.3 is 11.6 Å². The molecule has 0 aliphatic carbocycles. The van der Waals surface area contributed by atoms with Crippen molar-refractivity contribution in [2.75, 3.05) is 0 Å². The predicted octanol–water partition coefficient (Wildman–Crippen LogP) is 7.35. The Kier molecular flexibility index (Phi) is 6.49. The zero-order chi connectivity index (χ0) is 26.1. The van der Waals surface area contributed by atoms with E-state index >= 15 is 0 Å². The average Bonchev–Trinajstić information content (AvgIpc) is 3.19. The van der Waals surface area contributed by atoms with Crippen LogP contribution in [0.1, 0.15) is 44.0 Å². The van der Waals surface area contributed by atoms with Crippen LogP contribution < -0.4 is 5.63 Å². The van der Waals surface area contributed by atoms with Crippen molar-refractivity contribution in [1.29, 1.82) is 0 Å². The monoisotopic (exact) mass is 492 g/mol. The SMILES string of the molecule is CC(C)=CCCC(C)=CCn1c2cc3c(-c4ccccc4)c(=O)oc3cc2nc2c(C(=O)O)cccc21. The zero-order valence-corrected chi connectivity index (χ0v) is 21.1. The quantitative estimate of drug-likeness (QED) is 0.190. The number of furan rings is 1. The molecule has 0 aliphatic rings. The Bertz CT molecular complexity index is 1770. The van der Waals surface area contributed by atoms with E-state index in [-0.39, 0.29) is 5.56 Å². The van der Waals surface area contributed by atoms with E-state index in [9.17, 15) is 14.7 Å². The number of carbonyl (C=O) groups is 1. The van der Waals surface area contributed by atoms with E-state index in [4.69, 9.17) is 9.40 Å². The van der Waals surface area contributed by atoms with Crippen molar-refractivity contribution in [2.45, 2.75) is 40.2 Å². The molecule has 186 valence electrons. The van der Waals surface area contributed by atoms with Crippen LogP contribution in [-0.4, -0.2) is 20.6 Å². The molecule has 5 rings (SSSR count). The highest BCUT2D eigenvalue weighted by atomic mass is 16.4. The van der Waals surface area contributed by atoms with Crippen molar-refractivity contribution < 1.29 is 14.3 Å². The highest BCUT2D eigenvalue weighted by Crippen LogP contribution is 2.32. The molecule has 0 saturated carbocycles. The molecule has 1 N–H and O–H groups in total. The normalized spacial score (nSPS) is 11.9. The van der Waals surface area contributed by atoms with Gasteiger partial charge in [0.15, 0.2) is 0 Å². The fourth-order valence-corrected chi connectivity index (χ4v) is 4.71. The Morgan fingerprint density at radius 3 is 2.51 bits per heavy atom. The number of nitrogens with zero attached hydrogens (tertiary/aromatic N) is 2. The van der Waals surface area contributed by atoms with Crippen LogP contribution in [0.15, 0.2) is 93.2 Å². The standard InChI is InChI=1S/C31H28N2O4/c1-19(2)9-7-10-20(3)15-16-33-25-14-8-13-22(30(34)35)29(25)32-24-18-27-23(17-26(24)33)28(31(36)37-27)21-11-5-4-6-12-21/h4-6,8-9,11-15,17-18H,7,10,16H2,1-3H3,(H,34,35). The van der Waals surface area contributed by atoms with Crippen molar-refractivity contribution in [1.82, 2.24) is 9.55 Å². The van der Waals surface area contributed by atoms with E-state index in [1.807, 2.05) is 42.5 Å². The van der Waals surface area contributed by atoms with E-state index in [2.05, 4.69) is 37.5 Å². The fraction of sp³-hybridized carbons (Fsp3) is 0.194. The number of fused-ring (bicyclic) bond motifs is 3. The van der Waals surface area contributed by atoms with Gasteiger partial charge in [0.1, 0.15) is 11.1 Å². The average molecular weight is 493 g/mol. The Morgan fingerprint density at radius 1 is 1.00 bits per heavy atom. The second-order valence-corrected chi connectivity index (χ2v) is 9.54. The molecule has 0 amide bonds. The first-order valence-corrected chi connectivity index (χ1v) is 12.3. The molecule has 0 bridgehead atoms. The highest BCUT2D eigenvalue weighted by molar-refractivity contribution is 6.06. The van der Waals surface area contributed by atoms with Gasteiger partial charge in [-0.15, -0.1) is 0 Å². The molecule has 2 heterocycles. The lowest BCUT2D eigenvalue weighted by molar-refractivity contribution is 0.0699. The molecular formula is C31H28N2O4. The number of allylic oxidation sites excluding steroid dienone is 4. The van der Waals surface area contributed by atoms with Gasteiger partial charge in [0.2, 0.25) is 0 Å². The number of hydrogen-bond donors (Lipinski definition) is 1. The number of aromatic carboxylic acids is 1. The van der Waals surface area contributed by atoms with Crippen molar-refractivity contribution in [3.8, 4) is 11.1 Å². The van der Waals surface area contributed by atoms with Gasteiger partial charge in [0, 0.05) is 18.0 Å². The van der Waals surface area contributed by atoms with Crippen LogP contribution in [0.5, 0.6) is 0 Å². The lowest BCUT2D eigenvalue weighted by atomic mass is 10.0. The smallest absolute Gasteiger partial charge is 0.344 e. The number of hydrogen-bond acceptors (Lipinski definition) is 4. The van der Waals surface area contributed by atoms with Crippen LogP contribution in [0.4, 0.5) is 0 Å². The van der Waals surface area contributed by atoms with Gasteiger partial charge in [0.25, 0.3) is 0 Å². The summed E-state index contributed by atoms with van der Waals surface area (Å²) in [5.74, 6) is -1.04. The molecule has 0 aliphatic heterocycles. The fourth-order valence-electron chi connectivity index (χ4n) is 4.71. The molecule has 3 aromatic carbocycles. The molecule has 0 saturated heterocycles. The predicted molar refractivity (Wildman–Crippen MR) is 148 cm³/mol. The second kappa shape index (κ2) is 9.90. The van der Waals surface area contributed by atoms with Gasteiger partial charge in [0.05, 0.1) is 27.7 Å². The summed E-state index contributed by atoms with van der Waals surface area (Å²) in [5, 5.41) is 10.5. The Labute approximate surface area is 214 Å². The first-order chi connectivity index (χ1) is 17.8. The van der Waals surface area contributed by atoms with E-state index < -0.39 is 11.6 Å². The van der Waals surface area contributed by atoms with Crippen LogP contribution >= 0.6 is 0 Å². The molecule has 0 fully saturated rings. The summed E-state index contributed by atoms with van der Waals surface area (Å²) in [4.78, 5) is 29.6. The van der Waals surface area contributed by atoms with Crippen LogP contribution in [-0.2, 0) is 6.54 Å². The first kappa shape index (κ1) is 24.3. The van der Waals surface area contributed by atoms with Crippen LogP contribution in [0, 0.1) is 0 Å². The summed E-state index contributed by atoms with van der Waals surface area (Å²) in [6, 6.07) is 18.3. The molecule has 0 atom stereocenters. The van der Waals surface area contributed by atoms with Gasteiger partial charge in [-0.3, -0.25) is 0 Å². The summed E-state index contributed by atoms with van der Waals surface area (Å²) < 4.78 is 7.68. The number of carboxylic acid groups (broad SMARTS) is 1. The van der Waals surface area contributed by atoms with Gasteiger partial charge < -0.3 is 14.1 Å². The minimum Gasteiger partial charge on any atom is -0.478 e. The summed E-state index contributed by atoms with van der Waals surface area (Å²) in [6.45, 7) is 6.84. The summed E-state index contributed by atoms with van der Waals surface area (Å²) in [6.07, 6.45) is 6.30. The molecule has 6 nitrogen and oxygen atoms in total. The van der Waals surface area contributed by atoms with E-state index in [0.29, 0.717) is 39.6 Å². The zero-order valence-electron chi connectivity index (χ0n) is 21.1. The number of para-hydroxylation sites is 1. The molecule has 0 radical (unpaired) electrons. The Morgan fingerprint density at radius 2 is 1.78 bits per heavy atom. The highest BCUT2D eigenvalue weighted by Gasteiger charge is 2.19. The van der Waals surface area contributed by atoms with Gasteiger partial charge in [-0.05, 0) is 57.4 Å². The van der Waals surface area contributed by atoms with Crippen molar-refractivity contribution in [3.05, 3.63) is 99.9 Å².